The van der Waals surface area contributed by atoms with E-state index in [0.717, 1.165) is 38.6 Å². The molecule has 158 valence electrons. The number of piperazine rings is 1. The molecule has 0 aliphatic carbocycles. The first-order chi connectivity index (χ1) is 14.7. The van der Waals surface area contributed by atoms with E-state index in [4.69, 9.17) is 9.98 Å². The first-order valence-electron chi connectivity index (χ1n) is 11.2. The second-order valence-electron chi connectivity index (χ2n) is 8.70. The molecule has 6 nitrogen and oxygen atoms in total. The van der Waals surface area contributed by atoms with Crippen LogP contribution in [-0.2, 0) is 0 Å². The van der Waals surface area contributed by atoms with E-state index in [1.807, 2.05) is 12.3 Å². The second kappa shape index (κ2) is 8.36. The number of amidine groups is 1. The average Bonchev–Trinajstić information content (AvgIpc) is 2.80. The number of aromatic nitrogens is 1. The molecule has 4 aliphatic heterocycles. The van der Waals surface area contributed by atoms with Crippen molar-refractivity contribution in [3.05, 3.63) is 65.4 Å². The van der Waals surface area contributed by atoms with Crippen LogP contribution in [-0.4, -0.2) is 71.3 Å². The number of aryl methyl sites for hydroxylation is 1. The predicted molar refractivity (Wildman–Crippen MR) is 121 cm³/mol. The van der Waals surface area contributed by atoms with Crippen molar-refractivity contribution in [3.63, 3.8) is 0 Å². The average molecular weight is 405 g/mol. The third kappa shape index (κ3) is 3.59. The first-order valence-corrected chi connectivity index (χ1v) is 11.2. The Balaban J connectivity index is 1.40. The van der Waals surface area contributed by atoms with Crippen LogP contribution in [0.4, 0.5) is 0 Å². The van der Waals surface area contributed by atoms with Crippen LogP contribution in [0.3, 0.4) is 0 Å². The van der Waals surface area contributed by atoms with Gasteiger partial charge in [-0.05, 0) is 62.6 Å². The maximum absolute atomic E-state index is 4.97. The molecule has 0 bridgehead atoms. The Kier molecular flexibility index (Phi) is 5.44. The number of likely N-dealkylation sites (N-methyl/N-ethyl adjacent to an activating group) is 1. The number of hydrogen-bond acceptors (Lipinski definition) is 6. The highest BCUT2D eigenvalue weighted by molar-refractivity contribution is 5.97. The standard InChI is InChI=1S/C24H32N6/c1-18-6-5-11-26-24(18)21-8-3-7-20(28(21)2)19-16-27-22-9-4-10-23(30(22)17-19)29-14-12-25-13-15-29/h4-6,9-11,17,20-21,25H,3,7-8,12-16H2,1-2H3/t20-,21+/m1/s1. The summed E-state index contributed by atoms with van der Waals surface area (Å²) in [5.74, 6) is 2.32. The Morgan fingerprint density at radius 1 is 1.13 bits per heavy atom. The third-order valence-electron chi connectivity index (χ3n) is 6.88. The quantitative estimate of drug-likeness (QED) is 0.840. The molecule has 1 aromatic heterocycles. The van der Waals surface area contributed by atoms with Gasteiger partial charge in [0.05, 0.1) is 18.3 Å². The minimum absolute atomic E-state index is 0.376. The molecule has 5 heterocycles. The molecule has 0 unspecified atom stereocenters. The van der Waals surface area contributed by atoms with Gasteiger partial charge in [-0.2, -0.15) is 0 Å². The zero-order valence-corrected chi connectivity index (χ0v) is 18.1. The predicted octanol–water partition coefficient (Wildman–Crippen LogP) is 2.83. The van der Waals surface area contributed by atoms with Gasteiger partial charge in [0.15, 0.2) is 0 Å². The van der Waals surface area contributed by atoms with Crippen molar-refractivity contribution in [1.29, 1.82) is 0 Å². The molecule has 30 heavy (non-hydrogen) atoms. The van der Waals surface area contributed by atoms with Crippen molar-refractivity contribution in [2.24, 2.45) is 4.99 Å². The van der Waals surface area contributed by atoms with E-state index in [-0.39, 0.29) is 0 Å². The fraction of sp³-hybridized carbons (Fsp3) is 0.500. The SMILES string of the molecule is Cc1cccnc1[C@@H]1CCC[C@H](C2=CN3C(N4CCNCC4)=CC=CC3=NC2)N1C. The third-order valence-corrected chi connectivity index (χ3v) is 6.88. The molecule has 0 aromatic carbocycles. The van der Waals surface area contributed by atoms with Crippen molar-refractivity contribution in [3.8, 4) is 0 Å². The molecule has 2 saturated heterocycles. The molecule has 0 amide bonds. The van der Waals surface area contributed by atoms with E-state index in [1.54, 1.807) is 0 Å². The fourth-order valence-electron chi connectivity index (χ4n) is 5.23. The van der Waals surface area contributed by atoms with E-state index in [0.29, 0.717) is 12.1 Å². The Labute approximate surface area is 179 Å². The van der Waals surface area contributed by atoms with Gasteiger partial charge in [-0.25, -0.2) is 0 Å². The molecule has 2 fully saturated rings. The molecule has 0 spiro atoms. The van der Waals surface area contributed by atoms with E-state index in [1.165, 1.54) is 41.9 Å². The summed E-state index contributed by atoms with van der Waals surface area (Å²) in [6.07, 6.45) is 14.4. The van der Waals surface area contributed by atoms with Crippen LogP contribution in [0, 0.1) is 6.92 Å². The van der Waals surface area contributed by atoms with Crippen LogP contribution in [0.2, 0.25) is 0 Å². The van der Waals surface area contributed by atoms with Crippen LogP contribution < -0.4 is 5.32 Å². The lowest BCUT2D eigenvalue weighted by Gasteiger charge is -2.43. The number of hydrogen-bond donors (Lipinski definition) is 1. The lowest BCUT2D eigenvalue weighted by molar-refractivity contribution is 0.130. The number of likely N-dealkylation sites (tertiary alicyclic amines) is 1. The number of aliphatic imine (C=N–C) groups is 1. The highest BCUT2D eigenvalue weighted by Crippen LogP contribution is 2.37. The maximum atomic E-state index is 4.97. The number of pyridine rings is 1. The molecular formula is C24H32N6. The van der Waals surface area contributed by atoms with Crippen molar-refractivity contribution >= 4 is 5.84 Å². The lowest BCUT2D eigenvalue weighted by Crippen LogP contribution is -2.48. The van der Waals surface area contributed by atoms with Gasteiger partial charge in [0, 0.05) is 44.6 Å². The largest absolute Gasteiger partial charge is 0.355 e. The number of rotatable bonds is 3. The summed E-state index contributed by atoms with van der Waals surface area (Å²) in [5, 5.41) is 3.45. The summed E-state index contributed by atoms with van der Waals surface area (Å²) in [6.45, 7) is 7.12. The van der Waals surface area contributed by atoms with Crippen LogP contribution in [0.1, 0.15) is 36.6 Å². The van der Waals surface area contributed by atoms with Crippen LogP contribution in [0.5, 0.6) is 0 Å². The maximum Gasteiger partial charge on any atom is 0.133 e. The summed E-state index contributed by atoms with van der Waals surface area (Å²) in [7, 11) is 2.27. The van der Waals surface area contributed by atoms with Gasteiger partial charge in [0.1, 0.15) is 11.7 Å². The smallest absolute Gasteiger partial charge is 0.133 e. The number of allylic oxidation sites excluding steroid dienone is 2. The topological polar surface area (TPSA) is 47.0 Å². The molecule has 1 aromatic rings. The molecule has 4 aliphatic rings. The normalized spacial score (nSPS) is 27.3. The summed E-state index contributed by atoms with van der Waals surface area (Å²) >= 11 is 0. The number of nitrogens with one attached hydrogen (secondary N) is 1. The monoisotopic (exact) mass is 404 g/mol. The van der Waals surface area contributed by atoms with E-state index in [2.05, 4.69) is 64.5 Å². The van der Waals surface area contributed by atoms with Crippen LogP contribution in [0.15, 0.2) is 59.1 Å². The Morgan fingerprint density at radius 2 is 1.97 bits per heavy atom. The van der Waals surface area contributed by atoms with Gasteiger partial charge in [-0.15, -0.1) is 0 Å². The van der Waals surface area contributed by atoms with Gasteiger partial charge in [0.2, 0.25) is 0 Å². The van der Waals surface area contributed by atoms with E-state index in [9.17, 15) is 0 Å². The fourth-order valence-corrected chi connectivity index (χ4v) is 5.23. The van der Waals surface area contributed by atoms with Crippen LogP contribution in [0.25, 0.3) is 0 Å². The van der Waals surface area contributed by atoms with Crippen molar-refractivity contribution in [2.45, 2.75) is 38.3 Å². The molecule has 5 rings (SSSR count). The molecule has 2 atom stereocenters. The number of fused-ring (bicyclic) bond motifs is 1. The minimum Gasteiger partial charge on any atom is -0.355 e. The summed E-state index contributed by atoms with van der Waals surface area (Å²) in [6, 6.07) is 5.00. The zero-order valence-electron chi connectivity index (χ0n) is 18.1. The second-order valence-corrected chi connectivity index (χ2v) is 8.70. The van der Waals surface area contributed by atoms with Crippen molar-refractivity contribution in [1.82, 2.24) is 25.0 Å². The minimum atomic E-state index is 0.376. The van der Waals surface area contributed by atoms with Gasteiger partial charge < -0.3 is 10.2 Å². The van der Waals surface area contributed by atoms with Gasteiger partial charge in [-0.3, -0.25) is 19.8 Å². The van der Waals surface area contributed by atoms with Gasteiger partial charge >= 0.3 is 0 Å². The molecule has 6 heteroatoms. The van der Waals surface area contributed by atoms with Crippen molar-refractivity contribution < 1.29 is 0 Å². The Hall–Kier alpha value is -2.44. The van der Waals surface area contributed by atoms with E-state index < -0.39 is 0 Å². The van der Waals surface area contributed by atoms with Crippen molar-refractivity contribution in [2.75, 3.05) is 39.8 Å². The van der Waals surface area contributed by atoms with Crippen LogP contribution >= 0.6 is 0 Å². The summed E-state index contributed by atoms with van der Waals surface area (Å²) in [4.78, 5) is 17.0. The lowest BCUT2D eigenvalue weighted by atomic mass is 9.88. The van der Waals surface area contributed by atoms with E-state index >= 15 is 0 Å². The number of piperidine rings is 1. The highest BCUT2D eigenvalue weighted by atomic mass is 15.4. The molecule has 1 N–H and O–H groups in total. The highest BCUT2D eigenvalue weighted by Gasteiger charge is 2.34. The van der Waals surface area contributed by atoms with Gasteiger partial charge in [-0.1, -0.05) is 12.1 Å². The Morgan fingerprint density at radius 3 is 2.80 bits per heavy atom. The Bertz CT molecular complexity index is 908. The molecule has 0 saturated carbocycles. The summed E-state index contributed by atoms with van der Waals surface area (Å²) in [5.41, 5.74) is 3.93. The molecule has 0 radical (unpaired) electrons. The first kappa shape index (κ1) is 19.5. The molecular weight excluding hydrogens is 372 g/mol. The van der Waals surface area contributed by atoms with Gasteiger partial charge in [0.25, 0.3) is 0 Å². The number of nitrogens with zero attached hydrogens (tertiary/aromatic N) is 5. The zero-order chi connectivity index (χ0) is 20.5. The summed E-state index contributed by atoms with van der Waals surface area (Å²) < 4.78 is 0.